The lowest BCUT2D eigenvalue weighted by Crippen LogP contribution is -2.30. The van der Waals surface area contributed by atoms with Gasteiger partial charge in [-0.05, 0) is 43.5 Å². The van der Waals surface area contributed by atoms with Crippen LogP contribution in [-0.2, 0) is 11.2 Å². The first-order valence-electron chi connectivity index (χ1n) is 7.73. The molecule has 1 heterocycles. The summed E-state index contributed by atoms with van der Waals surface area (Å²) in [5, 5.41) is 10.9. The number of non-ortho nitro benzene ring substituents is 1. The van der Waals surface area contributed by atoms with Crippen molar-refractivity contribution in [3.05, 3.63) is 63.2 Å². The number of anilines is 1. The van der Waals surface area contributed by atoms with E-state index < -0.39 is 4.92 Å². The topological polar surface area (TPSA) is 63.5 Å². The molecule has 1 aliphatic rings. The molecule has 2 aromatic rings. The van der Waals surface area contributed by atoms with Gasteiger partial charge in [-0.1, -0.05) is 17.7 Å². The molecule has 0 saturated carbocycles. The summed E-state index contributed by atoms with van der Waals surface area (Å²) < 4.78 is 0. The number of thioether (sulfide) groups is 1. The van der Waals surface area contributed by atoms with Crippen molar-refractivity contribution in [2.45, 2.75) is 25.2 Å². The van der Waals surface area contributed by atoms with E-state index in [0.717, 1.165) is 21.7 Å². The van der Waals surface area contributed by atoms with Crippen LogP contribution in [0.4, 0.5) is 11.4 Å². The van der Waals surface area contributed by atoms with Gasteiger partial charge in [0.15, 0.2) is 0 Å². The van der Waals surface area contributed by atoms with Crippen LogP contribution < -0.4 is 4.90 Å². The molecule has 24 heavy (non-hydrogen) atoms. The van der Waals surface area contributed by atoms with Gasteiger partial charge >= 0.3 is 0 Å². The summed E-state index contributed by atoms with van der Waals surface area (Å²) in [4.78, 5) is 25.9. The monoisotopic (exact) mass is 342 g/mol. The van der Waals surface area contributed by atoms with Crippen molar-refractivity contribution in [1.82, 2.24) is 0 Å². The minimum absolute atomic E-state index is 0.0357. The van der Waals surface area contributed by atoms with Crippen LogP contribution >= 0.6 is 11.8 Å². The number of nitro benzene ring substituents is 1. The zero-order valence-corrected chi connectivity index (χ0v) is 14.4. The highest BCUT2D eigenvalue weighted by Gasteiger charge is 2.26. The molecule has 0 radical (unpaired) electrons. The summed E-state index contributed by atoms with van der Waals surface area (Å²) in [6, 6.07) is 10.9. The second kappa shape index (κ2) is 6.65. The number of nitro groups is 1. The Morgan fingerprint density at radius 3 is 2.79 bits per heavy atom. The molecule has 0 spiro atoms. The molecule has 0 N–H and O–H groups in total. The van der Waals surface area contributed by atoms with Gasteiger partial charge in [0.05, 0.1) is 10.7 Å². The van der Waals surface area contributed by atoms with E-state index in [9.17, 15) is 14.9 Å². The van der Waals surface area contributed by atoms with Crippen molar-refractivity contribution in [3.63, 3.8) is 0 Å². The third-order valence-corrected chi connectivity index (χ3v) is 5.31. The smallest absolute Gasteiger partial charge is 0.269 e. The Kier molecular flexibility index (Phi) is 4.57. The molecular formula is C18H18N2O3S. The molecule has 0 bridgehead atoms. The Bertz CT molecular complexity index is 820. The second-order valence-corrected chi connectivity index (χ2v) is 6.94. The number of hydrogen-bond donors (Lipinski definition) is 0. The van der Waals surface area contributed by atoms with Gasteiger partial charge in [-0.3, -0.25) is 14.9 Å². The van der Waals surface area contributed by atoms with Gasteiger partial charge in [0, 0.05) is 29.3 Å². The fourth-order valence-corrected chi connectivity index (χ4v) is 3.84. The van der Waals surface area contributed by atoms with Gasteiger partial charge in [-0.15, -0.1) is 11.8 Å². The maximum Gasteiger partial charge on any atom is 0.269 e. The molecule has 2 aromatic carbocycles. The quantitative estimate of drug-likeness (QED) is 0.480. The molecule has 0 aromatic heterocycles. The number of fused-ring (bicyclic) bond motifs is 1. The molecular weight excluding hydrogens is 324 g/mol. The van der Waals surface area contributed by atoms with Gasteiger partial charge in [0.1, 0.15) is 0 Å². The third kappa shape index (κ3) is 3.28. The molecule has 6 heteroatoms. The van der Waals surface area contributed by atoms with Crippen LogP contribution in [0, 0.1) is 24.0 Å². The average Bonchev–Trinajstić information content (AvgIpc) is 2.98. The Balaban J connectivity index is 1.72. The lowest BCUT2D eigenvalue weighted by molar-refractivity contribution is -0.384. The zero-order valence-electron chi connectivity index (χ0n) is 13.6. The van der Waals surface area contributed by atoms with E-state index in [1.54, 1.807) is 17.0 Å². The average molecular weight is 342 g/mol. The lowest BCUT2D eigenvalue weighted by Gasteiger charge is -2.17. The van der Waals surface area contributed by atoms with E-state index in [4.69, 9.17) is 0 Å². The van der Waals surface area contributed by atoms with E-state index in [1.165, 1.54) is 23.4 Å². The standard InChI is InChI=1S/C18H18N2O3S/c1-12-3-4-13(2)17(9-12)24-11-18(21)19-8-7-14-10-15(20(22)23)5-6-16(14)19/h3-6,9-10H,7-8,11H2,1-2H3. The fourth-order valence-electron chi connectivity index (χ4n) is 2.84. The highest BCUT2D eigenvalue weighted by atomic mass is 32.2. The number of amides is 1. The van der Waals surface area contributed by atoms with Crippen molar-refractivity contribution in [3.8, 4) is 0 Å². The van der Waals surface area contributed by atoms with E-state index in [-0.39, 0.29) is 11.6 Å². The molecule has 0 unspecified atom stereocenters. The Labute approximate surface area is 144 Å². The highest BCUT2D eigenvalue weighted by Crippen LogP contribution is 2.32. The minimum Gasteiger partial charge on any atom is -0.311 e. The first-order valence-corrected chi connectivity index (χ1v) is 8.72. The van der Waals surface area contributed by atoms with Crippen LogP contribution in [0.15, 0.2) is 41.3 Å². The van der Waals surface area contributed by atoms with Crippen molar-refractivity contribution >= 4 is 29.0 Å². The number of hydrogen-bond acceptors (Lipinski definition) is 4. The van der Waals surface area contributed by atoms with E-state index in [1.807, 2.05) is 13.8 Å². The van der Waals surface area contributed by atoms with Crippen LogP contribution in [0.1, 0.15) is 16.7 Å². The van der Waals surface area contributed by atoms with Gasteiger partial charge in [0.2, 0.25) is 5.91 Å². The zero-order chi connectivity index (χ0) is 17.3. The Morgan fingerprint density at radius 1 is 1.25 bits per heavy atom. The van der Waals surface area contributed by atoms with Crippen LogP contribution in [-0.4, -0.2) is 23.1 Å². The van der Waals surface area contributed by atoms with Crippen molar-refractivity contribution in [2.75, 3.05) is 17.2 Å². The van der Waals surface area contributed by atoms with Gasteiger partial charge in [-0.2, -0.15) is 0 Å². The second-order valence-electron chi connectivity index (χ2n) is 5.92. The largest absolute Gasteiger partial charge is 0.311 e. The third-order valence-electron chi connectivity index (χ3n) is 4.17. The molecule has 0 saturated heterocycles. The molecule has 1 amide bonds. The van der Waals surface area contributed by atoms with Crippen LogP contribution in [0.5, 0.6) is 0 Å². The first-order chi connectivity index (χ1) is 11.5. The summed E-state index contributed by atoms with van der Waals surface area (Å²) in [6.45, 7) is 4.66. The maximum atomic E-state index is 12.6. The number of aryl methyl sites for hydroxylation is 2. The van der Waals surface area contributed by atoms with Crippen LogP contribution in [0.25, 0.3) is 0 Å². The van der Waals surface area contributed by atoms with Gasteiger partial charge < -0.3 is 4.90 Å². The number of rotatable bonds is 4. The predicted molar refractivity (Wildman–Crippen MR) is 95.8 cm³/mol. The maximum absolute atomic E-state index is 12.6. The van der Waals surface area contributed by atoms with Gasteiger partial charge in [0.25, 0.3) is 5.69 Å². The molecule has 3 rings (SSSR count). The number of carbonyl (C=O) groups excluding carboxylic acids is 1. The van der Waals surface area contributed by atoms with Crippen LogP contribution in [0.2, 0.25) is 0 Å². The highest BCUT2D eigenvalue weighted by molar-refractivity contribution is 8.00. The predicted octanol–water partition coefficient (Wildman–Crippen LogP) is 3.89. The molecule has 0 aliphatic carbocycles. The van der Waals surface area contributed by atoms with E-state index >= 15 is 0 Å². The van der Waals surface area contributed by atoms with Crippen molar-refractivity contribution in [2.24, 2.45) is 0 Å². The SMILES string of the molecule is Cc1ccc(C)c(SCC(=O)N2CCc3cc([N+](=O)[O-])ccc32)c1. The summed E-state index contributed by atoms with van der Waals surface area (Å²) in [5.41, 5.74) is 4.08. The summed E-state index contributed by atoms with van der Waals surface area (Å²) in [5.74, 6) is 0.397. The number of carbonyl (C=O) groups is 1. The normalized spacial score (nSPS) is 13.0. The summed E-state index contributed by atoms with van der Waals surface area (Å²) >= 11 is 1.54. The number of benzene rings is 2. The molecule has 124 valence electrons. The van der Waals surface area contributed by atoms with Crippen LogP contribution in [0.3, 0.4) is 0 Å². The lowest BCUT2D eigenvalue weighted by atomic mass is 10.1. The molecule has 0 fully saturated rings. The fraction of sp³-hybridized carbons (Fsp3) is 0.278. The van der Waals surface area contributed by atoms with Crippen molar-refractivity contribution in [1.29, 1.82) is 0 Å². The molecule has 5 nitrogen and oxygen atoms in total. The molecule has 1 aliphatic heterocycles. The minimum atomic E-state index is -0.402. The van der Waals surface area contributed by atoms with Crippen molar-refractivity contribution < 1.29 is 9.72 Å². The van der Waals surface area contributed by atoms with E-state index in [0.29, 0.717) is 18.7 Å². The Hall–Kier alpha value is -2.34. The first kappa shape index (κ1) is 16.5. The summed E-state index contributed by atoms with van der Waals surface area (Å²) in [6.07, 6.45) is 0.664. The number of nitrogens with zero attached hydrogens (tertiary/aromatic N) is 2. The van der Waals surface area contributed by atoms with E-state index in [2.05, 4.69) is 18.2 Å². The van der Waals surface area contributed by atoms with Gasteiger partial charge in [-0.25, -0.2) is 0 Å². The Morgan fingerprint density at radius 2 is 2.04 bits per heavy atom. The summed E-state index contributed by atoms with van der Waals surface area (Å²) in [7, 11) is 0. The molecule has 0 atom stereocenters.